The van der Waals surface area contributed by atoms with Crippen LogP contribution in [0, 0.1) is 0 Å². The second-order valence-corrected chi connectivity index (χ2v) is 6.22. The summed E-state index contributed by atoms with van der Waals surface area (Å²) in [5.41, 5.74) is 5.86. The average molecular weight is 347 g/mol. The maximum Gasteiger partial charge on any atom is 0.280 e. The number of aromatic amines is 1. The Morgan fingerprint density at radius 2 is 2.16 bits per heavy atom. The van der Waals surface area contributed by atoms with Crippen molar-refractivity contribution in [1.82, 2.24) is 19.5 Å². The number of ketones is 1. The zero-order valence-electron chi connectivity index (χ0n) is 13.1. The van der Waals surface area contributed by atoms with Gasteiger partial charge in [-0.3, -0.25) is 19.1 Å². The molecule has 2 aromatic heterocycles. The number of imidazole rings is 1. The highest BCUT2D eigenvalue weighted by Crippen LogP contribution is 2.34. The summed E-state index contributed by atoms with van der Waals surface area (Å²) in [5, 5.41) is 20.7. The van der Waals surface area contributed by atoms with Crippen LogP contribution in [-0.2, 0) is 9.53 Å². The molecular weight excluding hydrogens is 330 g/mol. The molecule has 3 heterocycles. The maximum atomic E-state index is 11.9. The number of aromatic nitrogens is 4. The van der Waals surface area contributed by atoms with Crippen LogP contribution in [0.1, 0.15) is 25.5 Å². The van der Waals surface area contributed by atoms with E-state index in [9.17, 15) is 19.8 Å². The van der Waals surface area contributed by atoms with E-state index in [0.717, 1.165) is 0 Å². The number of nitrogen functional groups attached to an aromatic ring is 1. The van der Waals surface area contributed by atoms with Crippen LogP contribution in [0.4, 0.5) is 5.95 Å². The number of nitrogens with zero attached hydrogens (tertiary/aromatic N) is 3. The van der Waals surface area contributed by atoms with E-state index in [2.05, 4.69) is 15.0 Å². The van der Waals surface area contributed by atoms with E-state index < -0.39 is 30.1 Å². The van der Waals surface area contributed by atoms with Crippen LogP contribution in [0.15, 0.2) is 22.8 Å². The van der Waals surface area contributed by atoms with Crippen molar-refractivity contribution in [1.29, 1.82) is 0 Å². The number of aliphatic hydroxyl groups is 2. The number of carbonyl (C=O) groups excluding carboxylic acids is 1. The fourth-order valence-corrected chi connectivity index (χ4v) is 3.32. The first kappa shape index (κ1) is 15.9. The van der Waals surface area contributed by atoms with Crippen molar-refractivity contribution < 1.29 is 19.7 Å². The van der Waals surface area contributed by atoms with Gasteiger partial charge in [0.1, 0.15) is 12.2 Å². The monoisotopic (exact) mass is 347 g/mol. The van der Waals surface area contributed by atoms with Gasteiger partial charge in [-0.05, 0) is 12.0 Å². The smallest absolute Gasteiger partial charge is 0.280 e. The molecule has 1 aliphatic heterocycles. The van der Waals surface area contributed by atoms with Crippen LogP contribution in [-0.4, -0.2) is 53.8 Å². The summed E-state index contributed by atoms with van der Waals surface area (Å²) in [6, 6.07) is 0. The van der Waals surface area contributed by atoms with Crippen LogP contribution in [0.25, 0.3) is 11.2 Å². The van der Waals surface area contributed by atoms with E-state index in [1.807, 2.05) is 6.08 Å². The Morgan fingerprint density at radius 3 is 2.88 bits per heavy atom. The lowest BCUT2D eigenvalue weighted by Gasteiger charge is -2.16. The first-order valence-corrected chi connectivity index (χ1v) is 7.92. The fraction of sp³-hybridized carbons (Fsp3) is 0.467. The van der Waals surface area contributed by atoms with Gasteiger partial charge in [-0.2, -0.15) is 4.98 Å². The van der Waals surface area contributed by atoms with E-state index in [-0.39, 0.29) is 29.3 Å². The summed E-state index contributed by atoms with van der Waals surface area (Å²) >= 11 is 0. The van der Waals surface area contributed by atoms with Crippen molar-refractivity contribution >= 4 is 22.9 Å². The van der Waals surface area contributed by atoms with Crippen molar-refractivity contribution in [2.75, 3.05) is 5.73 Å². The van der Waals surface area contributed by atoms with Crippen LogP contribution in [0.5, 0.6) is 0 Å². The first-order valence-electron chi connectivity index (χ1n) is 7.92. The molecule has 0 radical (unpaired) electrons. The molecule has 4 atom stereocenters. The molecule has 1 aliphatic carbocycles. The molecular formula is C15H17N5O5. The number of Topliss-reactive ketones (excluding diaryl/α,β-unsaturated/α-hetero) is 1. The summed E-state index contributed by atoms with van der Waals surface area (Å²) in [5.74, 6) is -0.0617. The second-order valence-electron chi connectivity index (χ2n) is 6.22. The number of hydrogen-bond donors (Lipinski definition) is 4. The Bertz CT molecular complexity index is 932. The molecule has 0 bridgehead atoms. The number of aliphatic hydroxyl groups excluding tert-OH is 2. The normalized spacial score (nSPS) is 29.5. The van der Waals surface area contributed by atoms with Crippen molar-refractivity contribution in [2.45, 2.75) is 43.8 Å². The number of anilines is 1. The van der Waals surface area contributed by atoms with Gasteiger partial charge in [0.05, 0.1) is 12.4 Å². The Morgan fingerprint density at radius 1 is 1.36 bits per heavy atom. The summed E-state index contributed by atoms with van der Waals surface area (Å²) in [7, 11) is 0. The van der Waals surface area contributed by atoms with Gasteiger partial charge in [-0.15, -0.1) is 0 Å². The minimum absolute atomic E-state index is 0.0304. The van der Waals surface area contributed by atoms with Crippen LogP contribution in [0.2, 0.25) is 0 Å². The number of rotatable bonds is 3. The van der Waals surface area contributed by atoms with Gasteiger partial charge in [-0.25, -0.2) is 4.98 Å². The largest absolute Gasteiger partial charge is 0.388 e. The predicted octanol–water partition coefficient (Wildman–Crippen LogP) is -1.000. The highest BCUT2D eigenvalue weighted by atomic mass is 16.6. The predicted molar refractivity (Wildman–Crippen MR) is 85.4 cm³/mol. The number of fused-ring (bicyclic) bond motifs is 1. The van der Waals surface area contributed by atoms with E-state index >= 15 is 0 Å². The molecule has 0 unspecified atom stereocenters. The molecule has 10 heteroatoms. The molecule has 1 saturated heterocycles. The number of allylic oxidation sites excluding steroid dienone is 1. The number of carbonyl (C=O) groups is 1. The molecule has 132 valence electrons. The van der Waals surface area contributed by atoms with E-state index in [1.54, 1.807) is 0 Å². The van der Waals surface area contributed by atoms with Crippen molar-refractivity contribution in [2.24, 2.45) is 0 Å². The Balaban J connectivity index is 1.65. The number of ether oxygens (including phenoxy) is 1. The molecule has 4 rings (SSSR count). The van der Waals surface area contributed by atoms with Crippen molar-refractivity contribution in [3.8, 4) is 0 Å². The Hall–Kier alpha value is -2.56. The molecule has 0 amide bonds. The zero-order valence-corrected chi connectivity index (χ0v) is 13.1. The summed E-state index contributed by atoms with van der Waals surface area (Å²) in [6.45, 7) is 0. The lowest BCUT2D eigenvalue weighted by atomic mass is 10.0. The Kier molecular flexibility index (Phi) is 3.67. The van der Waals surface area contributed by atoms with Gasteiger partial charge in [0.25, 0.3) is 5.56 Å². The number of nitrogens with two attached hydrogens (primary N) is 1. The topological polar surface area (TPSA) is 156 Å². The third-order valence-corrected chi connectivity index (χ3v) is 4.60. The summed E-state index contributed by atoms with van der Waals surface area (Å²) in [6.07, 6.45) is 0.306. The van der Waals surface area contributed by atoms with E-state index in [0.29, 0.717) is 18.4 Å². The molecule has 2 aromatic rings. The first-order chi connectivity index (χ1) is 12.0. The maximum absolute atomic E-state index is 11.9. The number of hydrogen-bond acceptors (Lipinski definition) is 8. The average Bonchev–Trinajstić information content (AvgIpc) is 3.23. The van der Waals surface area contributed by atoms with Crippen LogP contribution >= 0.6 is 0 Å². The molecule has 1 fully saturated rings. The highest BCUT2D eigenvalue weighted by Gasteiger charge is 2.45. The third-order valence-electron chi connectivity index (χ3n) is 4.60. The minimum Gasteiger partial charge on any atom is -0.388 e. The molecule has 2 aliphatic rings. The lowest BCUT2D eigenvalue weighted by Crippen LogP contribution is -2.32. The van der Waals surface area contributed by atoms with Crippen LogP contribution < -0.4 is 11.3 Å². The highest BCUT2D eigenvalue weighted by molar-refractivity contribution is 5.97. The molecule has 0 spiro atoms. The van der Waals surface area contributed by atoms with Gasteiger partial charge in [0.15, 0.2) is 23.2 Å². The number of H-pyrrole nitrogens is 1. The van der Waals surface area contributed by atoms with E-state index in [1.165, 1.54) is 10.9 Å². The van der Waals surface area contributed by atoms with Crippen molar-refractivity contribution in [3.63, 3.8) is 0 Å². The van der Waals surface area contributed by atoms with Crippen molar-refractivity contribution in [3.05, 3.63) is 28.3 Å². The summed E-state index contributed by atoms with van der Waals surface area (Å²) < 4.78 is 7.13. The minimum atomic E-state index is -1.26. The molecule has 25 heavy (non-hydrogen) atoms. The van der Waals surface area contributed by atoms with Gasteiger partial charge < -0.3 is 20.7 Å². The fourth-order valence-electron chi connectivity index (χ4n) is 3.32. The zero-order chi connectivity index (χ0) is 17.7. The molecule has 0 saturated carbocycles. The molecule has 10 nitrogen and oxygen atoms in total. The molecule has 5 N–H and O–H groups in total. The van der Waals surface area contributed by atoms with Gasteiger partial charge in [0.2, 0.25) is 5.95 Å². The third kappa shape index (κ3) is 2.54. The van der Waals surface area contributed by atoms with E-state index in [4.69, 9.17) is 10.5 Å². The Labute approximate surface area is 141 Å². The van der Waals surface area contributed by atoms with Gasteiger partial charge in [-0.1, -0.05) is 6.08 Å². The number of nitrogens with one attached hydrogen (secondary N) is 1. The van der Waals surface area contributed by atoms with Gasteiger partial charge >= 0.3 is 0 Å². The SMILES string of the molecule is Nc1nc2c(ncn2[C@@H]2O[C@H](CC3=CCCC3=O)[C@@H](O)[C@H]2O)c(=O)[nH]1. The van der Waals surface area contributed by atoms with Crippen LogP contribution in [0.3, 0.4) is 0 Å². The quantitative estimate of drug-likeness (QED) is 0.551. The summed E-state index contributed by atoms with van der Waals surface area (Å²) in [4.78, 5) is 33.9. The molecule has 0 aromatic carbocycles. The standard InChI is InChI=1S/C15H17N5O5/c16-15-18-12-9(13(24)19-15)17-5-20(12)14-11(23)10(22)8(25-14)4-6-2-1-3-7(6)21/h2,5,8,10-11,14,22-23H,1,3-4H2,(H3,16,18,19,24)/t8-,10-,11-,14-/m1/s1. The lowest BCUT2D eigenvalue weighted by molar-refractivity contribution is -0.115. The second kappa shape index (κ2) is 5.76. The van der Waals surface area contributed by atoms with Gasteiger partial charge in [0, 0.05) is 12.8 Å².